The number of aromatic nitrogens is 1. The lowest BCUT2D eigenvalue weighted by Gasteiger charge is -2.19. The summed E-state index contributed by atoms with van der Waals surface area (Å²) in [6.07, 6.45) is 0. The molecule has 0 saturated heterocycles. The van der Waals surface area contributed by atoms with Crippen molar-refractivity contribution in [2.45, 2.75) is 53.9 Å². The van der Waals surface area contributed by atoms with Crippen LogP contribution in [0.25, 0.3) is 22.2 Å². The number of hydrogen-bond donors (Lipinski definition) is 2. The third kappa shape index (κ3) is 6.58. The highest BCUT2D eigenvalue weighted by Gasteiger charge is 2.21. The van der Waals surface area contributed by atoms with E-state index in [0.29, 0.717) is 17.0 Å². The normalized spacial score (nSPS) is 12.3. The summed E-state index contributed by atoms with van der Waals surface area (Å²) in [4.78, 5) is 30.6. The Labute approximate surface area is 230 Å². The largest absolute Gasteiger partial charge is 0.326 e. The summed E-state index contributed by atoms with van der Waals surface area (Å²) in [5.74, 6) is -0.395. The Bertz CT molecular complexity index is 1560. The van der Waals surface area contributed by atoms with Crippen LogP contribution in [-0.4, -0.2) is 22.5 Å². The van der Waals surface area contributed by atoms with Gasteiger partial charge in [0, 0.05) is 22.1 Å². The van der Waals surface area contributed by atoms with Crippen molar-refractivity contribution in [2.75, 3.05) is 5.32 Å². The van der Waals surface area contributed by atoms with Gasteiger partial charge in [-0.1, -0.05) is 96.1 Å². The molecule has 0 unspecified atom stereocenters. The van der Waals surface area contributed by atoms with Crippen molar-refractivity contribution >= 4 is 34.1 Å². The van der Waals surface area contributed by atoms with Gasteiger partial charge in [-0.05, 0) is 47.7 Å². The van der Waals surface area contributed by atoms with E-state index in [1.807, 2.05) is 94.4 Å². The maximum Gasteiger partial charge on any atom is 0.272 e. The predicted molar refractivity (Wildman–Crippen MR) is 160 cm³/mol. The van der Waals surface area contributed by atoms with Gasteiger partial charge >= 0.3 is 0 Å². The number of carbonyl (C=O) groups excluding carboxylic acids is 2. The van der Waals surface area contributed by atoms with Gasteiger partial charge in [0.2, 0.25) is 5.91 Å². The maximum atomic E-state index is 13.4. The second kappa shape index (κ2) is 10.8. The smallest absolute Gasteiger partial charge is 0.272 e. The van der Waals surface area contributed by atoms with E-state index in [0.717, 1.165) is 27.7 Å². The molecule has 3 aromatic carbocycles. The third-order valence-corrected chi connectivity index (χ3v) is 6.55. The van der Waals surface area contributed by atoms with Crippen LogP contribution < -0.4 is 10.7 Å². The number of carbonyl (C=O) groups is 2. The number of rotatable bonds is 5. The second-order valence-corrected chi connectivity index (χ2v) is 11.8. The lowest BCUT2D eigenvalue weighted by molar-refractivity contribution is -0.123. The van der Waals surface area contributed by atoms with Crippen LogP contribution >= 0.6 is 0 Å². The van der Waals surface area contributed by atoms with Crippen LogP contribution in [0.2, 0.25) is 0 Å². The van der Waals surface area contributed by atoms with Crippen LogP contribution in [0.4, 0.5) is 5.69 Å². The molecule has 0 aliphatic heterocycles. The molecule has 0 fully saturated rings. The molecule has 1 heterocycles. The first-order valence-corrected chi connectivity index (χ1v) is 13.1. The SMILES string of the molecule is CC(=NNC(=O)c1cc(-c2ccc(C(C)(C)C)cc2)nc2ccccc12)c1cccc(NC(=O)C(C)(C)C)c1. The predicted octanol–water partition coefficient (Wildman–Crippen LogP) is 7.34. The van der Waals surface area contributed by atoms with Crippen molar-refractivity contribution in [1.29, 1.82) is 0 Å². The number of anilines is 1. The highest BCUT2D eigenvalue weighted by atomic mass is 16.2. The zero-order chi connectivity index (χ0) is 28.4. The molecule has 1 aromatic heterocycles. The second-order valence-electron chi connectivity index (χ2n) is 11.8. The third-order valence-electron chi connectivity index (χ3n) is 6.55. The molecule has 0 aliphatic carbocycles. The van der Waals surface area contributed by atoms with Crippen molar-refractivity contribution in [3.05, 3.63) is 95.6 Å². The molecular weight excluding hydrogens is 484 g/mol. The molecule has 6 heteroatoms. The zero-order valence-electron chi connectivity index (χ0n) is 23.7. The van der Waals surface area contributed by atoms with Gasteiger partial charge in [0.1, 0.15) is 0 Å². The molecule has 0 atom stereocenters. The number of hydrogen-bond acceptors (Lipinski definition) is 4. The van der Waals surface area contributed by atoms with Crippen molar-refractivity contribution in [3.8, 4) is 11.3 Å². The molecule has 6 nitrogen and oxygen atoms in total. The molecular formula is C33H36N4O2. The van der Waals surface area contributed by atoms with Gasteiger partial charge in [0.05, 0.1) is 22.5 Å². The van der Waals surface area contributed by atoms with E-state index in [-0.39, 0.29) is 17.2 Å². The van der Waals surface area contributed by atoms with Crippen molar-refractivity contribution in [1.82, 2.24) is 10.4 Å². The number of nitrogens with zero attached hydrogens (tertiary/aromatic N) is 2. The van der Waals surface area contributed by atoms with Gasteiger partial charge in [-0.15, -0.1) is 0 Å². The summed E-state index contributed by atoms with van der Waals surface area (Å²) in [5.41, 5.74) is 8.48. The fraction of sp³-hybridized carbons (Fsp3) is 0.273. The van der Waals surface area contributed by atoms with Crippen molar-refractivity contribution in [2.24, 2.45) is 10.5 Å². The number of nitrogens with one attached hydrogen (secondary N) is 2. The van der Waals surface area contributed by atoms with E-state index >= 15 is 0 Å². The molecule has 0 spiro atoms. The van der Waals surface area contributed by atoms with Crippen LogP contribution in [0.5, 0.6) is 0 Å². The van der Waals surface area contributed by atoms with Crippen LogP contribution in [0, 0.1) is 5.41 Å². The molecule has 4 aromatic rings. The first kappa shape index (κ1) is 27.7. The van der Waals surface area contributed by atoms with Gasteiger partial charge in [-0.25, -0.2) is 10.4 Å². The average Bonchev–Trinajstić information content (AvgIpc) is 2.90. The fourth-order valence-corrected chi connectivity index (χ4v) is 4.05. The van der Waals surface area contributed by atoms with E-state index in [1.165, 1.54) is 5.56 Å². The Morgan fingerprint density at radius 1 is 0.821 bits per heavy atom. The average molecular weight is 521 g/mol. The van der Waals surface area contributed by atoms with Crippen molar-refractivity contribution < 1.29 is 9.59 Å². The van der Waals surface area contributed by atoms with Gasteiger partial charge in [0.15, 0.2) is 0 Å². The molecule has 0 bridgehead atoms. The van der Waals surface area contributed by atoms with Crippen LogP contribution in [0.15, 0.2) is 84.0 Å². The van der Waals surface area contributed by atoms with Gasteiger partial charge in [-0.3, -0.25) is 9.59 Å². The summed E-state index contributed by atoms with van der Waals surface area (Å²) >= 11 is 0. The lowest BCUT2D eigenvalue weighted by atomic mass is 9.86. The van der Waals surface area contributed by atoms with E-state index in [1.54, 1.807) is 0 Å². The maximum absolute atomic E-state index is 13.4. The summed E-state index contributed by atoms with van der Waals surface area (Å²) in [6.45, 7) is 14.0. The Hall–Kier alpha value is -4.32. The summed E-state index contributed by atoms with van der Waals surface area (Å²) in [5, 5.41) is 8.06. The number of benzene rings is 3. The minimum absolute atomic E-state index is 0.0496. The Kier molecular flexibility index (Phi) is 7.68. The zero-order valence-corrected chi connectivity index (χ0v) is 23.7. The minimum atomic E-state index is -0.506. The van der Waals surface area contributed by atoms with Gasteiger partial charge in [-0.2, -0.15) is 5.10 Å². The Balaban J connectivity index is 1.61. The van der Waals surface area contributed by atoms with Gasteiger partial charge in [0.25, 0.3) is 5.91 Å². The Morgan fingerprint density at radius 3 is 2.18 bits per heavy atom. The Morgan fingerprint density at radius 2 is 1.51 bits per heavy atom. The standard InChI is InChI=1S/C33H36N4O2/c1-21(23-11-10-12-25(19-23)34-31(39)33(5,6)7)36-37-30(38)27-20-29(35-28-14-9-8-13-26(27)28)22-15-17-24(18-16-22)32(2,3)4/h8-20H,1-7H3,(H,34,39)(H,37,38). The van der Waals surface area contributed by atoms with Gasteiger partial charge < -0.3 is 5.32 Å². The van der Waals surface area contributed by atoms with E-state index in [2.05, 4.69) is 48.7 Å². The first-order chi connectivity index (χ1) is 18.3. The highest BCUT2D eigenvalue weighted by molar-refractivity contribution is 6.08. The minimum Gasteiger partial charge on any atom is -0.326 e. The number of pyridine rings is 1. The van der Waals surface area contributed by atoms with Crippen LogP contribution in [-0.2, 0) is 10.2 Å². The highest BCUT2D eigenvalue weighted by Crippen LogP contribution is 2.28. The summed E-state index contributed by atoms with van der Waals surface area (Å²) in [7, 11) is 0. The number of fused-ring (bicyclic) bond motifs is 1. The summed E-state index contributed by atoms with van der Waals surface area (Å²) in [6, 6.07) is 25.1. The molecule has 0 saturated carbocycles. The van der Waals surface area contributed by atoms with Crippen molar-refractivity contribution in [3.63, 3.8) is 0 Å². The lowest BCUT2D eigenvalue weighted by Crippen LogP contribution is -2.27. The summed E-state index contributed by atoms with van der Waals surface area (Å²) < 4.78 is 0. The molecule has 0 radical (unpaired) electrons. The van der Waals surface area contributed by atoms with E-state index in [4.69, 9.17) is 4.98 Å². The van der Waals surface area contributed by atoms with Crippen LogP contribution in [0.1, 0.15) is 70.0 Å². The van der Waals surface area contributed by atoms with E-state index < -0.39 is 5.41 Å². The molecule has 39 heavy (non-hydrogen) atoms. The quantitative estimate of drug-likeness (QED) is 0.213. The molecule has 4 rings (SSSR count). The number of para-hydroxylation sites is 1. The fourth-order valence-electron chi connectivity index (χ4n) is 4.05. The molecule has 0 aliphatic rings. The number of amides is 2. The molecule has 200 valence electrons. The molecule has 2 amide bonds. The first-order valence-electron chi connectivity index (χ1n) is 13.1. The monoisotopic (exact) mass is 520 g/mol. The topological polar surface area (TPSA) is 83.4 Å². The molecule has 2 N–H and O–H groups in total. The van der Waals surface area contributed by atoms with Crippen LogP contribution in [0.3, 0.4) is 0 Å². The van der Waals surface area contributed by atoms with E-state index in [9.17, 15) is 9.59 Å². The number of hydrazone groups is 1.